The van der Waals surface area contributed by atoms with Gasteiger partial charge in [0.2, 0.25) is 0 Å². The Morgan fingerprint density at radius 2 is 0.793 bits per heavy atom. The van der Waals surface area contributed by atoms with Crippen LogP contribution in [0.5, 0.6) is 0 Å². The average Bonchev–Trinajstić information content (AvgIpc) is 3.31. The molecule has 4 aliphatic rings. The second-order valence-corrected chi connectivity index (χ2v) is 15.5. The van der Waals surface area contributed by atoms with Crippen LogP contribution in [-0.2, 0) is 12.3 Å². The zero-order valence-corrected chi connectivity index (χ0v) is 21.8. The summed E-state index contributed by atoms with van der Waals surface area (Å²) in [5, 5.41) is 0. The summed E-state index contributed by atoms with van der Waals surface area (Å²) in [6.07, 6.45) is 11.0. The third-order valence-electron chi connectivity index (χ3n) is 7.03. The monoisotopic (exact) mass is 518 g/mol. The topological polar surface area (TPSA) is 43.4 Å². The van der Waals surface area contributed by atoms with Crippen LogP contribution in [0.4, 0.5) is 0 Å². The van der Waals surface area contributed by atoms with Crippen molar-refractivity contribution in [2.45, 2.75) is 116 Å². The van der Waals surface area contributed by atoms with Gasteiger partial charge in [0.15, 0.2) is 0 Å². The molecule has 2 heterocycles. The van der Waals surface area contributed by atoms with Gasteiger partial charge in [-0.05, 0) is 0 Å². The number of rotatable bonds is 2. The van der Waals surface area contributed by atoms with Gasteiger partial charge in [0.1, 0.15) is 0 Å². The fourth-order valence-electron chi connectivity index (χ4n) is 5.91. The second kappa shape index (κ2) is 10.0. The van der Waals surface area contributed by atoms with Crippen molar-refractivity contribution in [1.82, 2.24) is 9.80 Å². The van der Waals surface area contributed by atoms with E-state index in [2.05, 4.69) is 37.5 Å². The molecule has 4 rings (SSSR count). The molecule has 4 fully saturated rings. The maximum absolute atomic E-state index is 6.60. The summed E-state index contributed by atoms with van der Waals surface area (Å²) in [4.78, 5) is 5.19. The Kier molecular flexibility index (Phi) is 7.85. The third kappa shape index (κ3) is 5.87. The summed E-state index contributed by atoms with van der Waals surface area (Å²) in [5.41, 5.74) is 0. The molecule has 0 radical (unpaired) electrons. The van der Waals surface area contributed by atoms with Crippen molar-refractivity contribution in [3.05, 3.63) is 0 Å². The number of hydrogen-bond donors (Lipinski definition) is 0. The van der Waals surface area contributed by atoms with Gasteiger partial charge in [-0.3, -0.25) is 0 Å². The minimum atomic E-state index is -4.10. The van der Waals surface area contributed by atoms with Crippen molar-refractivity contribution in [1.29, 1.82) is 0 Å². The molecule has 4 unspecified atom stereocenters. The van der Waals surface area contributed by atoms with Crippen LogP contribution in [0.3, 0.4) is 0 Å². The van der Waals surface area contributed by atoms with Crippen LogP contribution >= 0.6 is 0 Å². The normalized spacial score (nSPS) is 42.6. The van der Waals surface area contributed by atoms with Crippen LogP contribution in [0, 0.1) is 0 Å². The Balaban J connectivity index is 1.44. The molecule has 1 spiro atoms. The van der Waals surface area contributed by atoms with Gasteiger partial charge in [-0.25, -0.2) is 0 Å². The van der Waals surface area contributed by atoms with Crippen molar-refractivity contribution in [2.24, 2.45) is 0 Å². The van der Waals surface area contributed by atoms with E-state index in [1.165, 1.54) is 51.4 Å². The first-order valence-electron chi connectivity index (χ1n) is 12.1. The molecule has 2 saturated carbocycles. The molecule has 0 aromatic rings. The molecule has 4 atom stereocenters. The first kappa shape index (κ1) is 22.7. The van der Waals surface area contributed by atoms with Gasteiger partial charge in [-0.15, -0.1) is 0 Å². The summed E-state index contributed by atoms with van der Waals surface area (Å²) in [6, 6.07) is 1.38. The van der Waals surface area contributed by atoms with Gasteiger partial charge in [-0.2, -0.15) is 0 Å². The van der Waals surface area contributed by atoms with Crippen LogP contribution < -0.4 is 0 Å². The molecular formula is C22H42N2O4Sn. The van der Waals surface area contributed by atoms with Crippen LogP contribution in [0.15, 0.2) is 0 Å². The van der Waals surface area contributed by atoms with E-state index >= 15 is 0 Å². The van der Waals surface area contributed by atoms with Gasteiger partial charge in [-0.1, -0.05) is 0 Å². The third-order valence-corrected chi connectivity index (χ3v) is 14.9. The van der Waals surface area contributed by atoms with Crippen LogP contribution in [0.25, 0.3) is 0 Å². The minimum absolute atomic E-state index is 0.0867. The van der Waals surface area contributed by atoms with Gasteiger partial charge in [0.05, 0.1) is 0 Å². The molecule has 29 heavy (non-hydrogen) atoms. The SMILES string of the molecule is CC1CN(C2CCCC2)CC(C)[O][Sn]2([O]1)[O]C(C)CN(C1CCCC1)CC(C)[O]2. The molecule has 0 N–H and O–H groups in total. The average molecular weight is 517 g/mol. The molecule has 0 amide bonds. The molecule has 0 aromatic carbocycles. The van der Waals surface area contributed by atoms with Crippen molar-refractivity contribution in [2.75, 3.05) is 26.2 Å². The van der Waals surface area contributed by atoms with E-state index in [1.807, 2.05) is 0 Å². The quantitative estimate of drug-likeness (QED) is 0.523. The standard InChI is InChI=1S/2C11H21NO2.Sn/c2*1-9(13)7-12(8-10(2)14)11-5-3-4-6-11;/h2*9-11H,3-8H2,1-2H3;/q2*-2;+4. The van der Waals surface area contributed by atoms with Crippen LogP contribution in [-0.4, -0.2) is 92.5 Å². The molecule has 6 nitrogen and oxygen atoms in total. The first-order valence-corrected chi connectivity index (χ1v) is 16.8. The Bertz CT molecular complexity index is 449. The van der Waals surface area contributed by atoms with E-state index in [1.54, 1.807) is 0 Å². The van der Waals surface area contributed by atoms with E-state index in [4.69, 9.17) is 12.3 Å². The molecule has 2 saturated heterocycles. The predicted molar refractivity (Wildman–Crippen MR) is 116 cm³/mol. The zero-order valence-electron chi connectivity index (χ0n) is 19.0. The van der Waals surface area contributed by atoms with Crippen LogP contribution in [0.1, 0.15) is 79.1 Å². The van der Waals surface area contributed by atoms with E-state index < -0.39 is 20.0 Å². The Morgan fingerprint density at radius 1 is 0.517 bits per heavy atom. The number of nitrogens with zero attached hydrogens (tertiary/aromatic N) is 2. The fourth-order valence-corrected chi connectivity index (χ4v) is 13.3. The van der Waals surface area contributed by atoms with Gasteiger partial charge in [0, 0.05) is 0 Å². The molecule has 0 aromatic heterocycles. The van der Waals surface area contributed by atoms with Crippen molar-refractivity contribution in [3.63, 3.8) is 0 Å². The molecular weight excluding hydrogens is 475 g/mol. The predicted octanol–water partition coefficient (Wildman–Crippen LogP) is 3.56. The van der Waals surface area contributed by atoms with Crippen molar-refractivity contribution < 1.29 is 12.3 Å². The summed E-state index contributed by atoms with van der Waals surface area (Å²) < 4.78 is 26.4. The van der Waals surface area contributed by atoms with E-state index in [-0.39, 0.29) is 24.4 Å². The molecule has 2 aliphatic carbocycles. The zero-order chi connectivity index (χ0) is 20.4. The van der Waals surface area contributed by atoms with E-state index in [9.17, 15) is 0 Å². The Morgan fingerprint density at radius 3 is 1.07 bits per heavy atom. The summed E-state index contributed by atoms with van der Waals surface area (Å²) in [5.74, 6) is 0. The van der Waals surface area contributed by atoms with Gasteiger partial charge in [0.25, 0.3) is 0 Å². The fraction of sp³-hybridized carbons (Fsp3) is 1.00. The molecule has 168 valence electrons. The van der Waals surface area contributed by atoms with E-state index in [0.29, 0.717) is 12.1 Å². The number of hydrogen-bond acceptors (Lipinski definition) is 6. The maximum atomic E-state index is 6.60. The van der Waals surface area contributed by atoms with Crippen molar-refractivity contribution >= 4 is 20.0 Å². The second-order valence-electron chi connectivity index (χ2n) is 10.00. The summed E-state index contributed by atoms with van der Waals surface area (Å²) in [7, 11) is 0. The Labute approximate surface area is 183 Å². The summed E-state index contributed by atoms with van der Waals surface area (Å²) >= 11 is -4.10. The van der Waals surface area contributed by atoms with Gasteiger partial charge >= 0.3 is 184 Å². The van der Waals surface area contributed by atoms with Gasteiger partial charge < -0.3 is 0 Å². The molecule has 7 heteroatoms. The van der Waals surface area contributed by atoms with Crippen molar-refractivity contribution in [3.8, 4) is 0 Å². The molecule has 2 aliphatic heterocycles. The first-order chi connectivity index (χ1) is 13.9. The Hall–Kier alpha value is 0.559. The van der Waals surface area contributed by atoms with Crippen LogP contribution in [0.2, 0.25) is 0 Å². The van der Waals surface area contributed by atoms with E-state index in [0.717, 1.165) is 26.2 Å². The summed E-state index contributed by atoms with van der Waals surface area (Å²) in [6.45, 7) is 12.5. The molecule has 0 bridgehead atoms.